The highest BCUT2D eigenvalue weighted by atomic mass is 35.5. The summed E-state index contributed by atoms with van der Waals surface area (Å²) < 4.78 is 1.18. The summed E-state index contributed by atoms with van der Waals surface area (Å²) in [5.41, 5.74) is 0.868. The molecule has 2 rings (SSSR count). The van der Waals surface area contributed by atoms with Crippen molar-refractivity contribution in [2.45, 2.75) is 26.8 Å². The zero-order valence-electron chi connectivity index (χ0n) is 11.4. The first-order chi connectivity index (χ1) is 9.52. The lowest BCUT2D eigenvalue weighted by Crippen LogP contribution is -2.34. The van der Waals surface area contributed by atoms with E-state index in [0.29, 0.717) is 17.4 Å². The normalized spacial score (nSPS) is 10.6. The lowest BCUT2D eigenvalue weighted by molar-refractivity contribution is 0.616. The van der Waals surface area contributed by atoms with Gasteiger partial charge in [0.1, 0.15) is 5.82 Å². The van der Waals surface area contributed by atoms with E-state index in [1.165, 1.54) is 10.6 Å². The summed E-state index contributed by atoms with van der Waals surface area (Å²) in [4.78, 5) is 26.4. The molecule has 1 aromatic carbocycles. The minimum atomic E-state index is -0.415. The summed E-state index contributed by atoms with van der Waals surface area (Å²) in [7, 11) is 0. The molecule has 5 nitrogen and oxygen atoms in total. The Bertz CT molecular complexity index is 703. The van der Waals surface area contributed by atoms with Gasteiger partial charge in [-0.05, 0) is 31.0 Å². The van der Waals surface area contributed by atoms with Crippen molar-refractivity contribution in [2.75, 3.05) is 5.32 Å². The number of aromatic amines is 1. The number of hydrogen-bond acceptors (Lipinski definition) is 3. The van der Waals surface area contributed by atoms with Crippen LogP contribution in [-0.2, 0) is 6.54 Å². The first-order valence-corrected chi connectivity index (χ1v) is 6.77. The third kappa shape index (κ3) is 2.93. The second kappa shape index (κ2) is 5.96. The fourth-order valence-corrected chi connectivity index (χ4v) is 2.09. The first kappa shape index (κ1) is 14.4. The number of nitrogens with zero attached hydrogens (tertiary/aromatic N) is 1. The molecule has 0 aliphatic heterocycles. The van der Waals surface area contributed by atoms with Gasteiger partial charge in [-0.15, -0.1) is 0 Å². The Balaban J connectivity index is 2.38. The fraction of sp³-hybridized carbons (Fsp3) is 0.286. The van der Waals surface area contributed by atoms with Gasteiger partial charge in [0.2, 0.25) is 0 Å². The molecule has 0 aliphatic rings. The standard InChI is InChI=1S/C14H16ClN3O2/c1-3-7-18-13(19)8-12(17-14(18)20)16-11-6-4-5-10(15)9(11)2/h4-6,8,16H,3,7H2,1-2H3,(H,17,20). The molecule has 0 bridgehead atoms. The van der Waals surface area contributed by atoms with Gasteiger partial charge >= 0.3 is 5.69 Å². The van der Waals surface area contributed by atoms with Crippen LogP contribution in [0.3, 0.4) is 0 Å². The number of H-pyrrole nitrogens is 1. The molecule has 0 spiro atoms. The average Bonchev–Trinajstić information content (AvgIpc) is 2.39. The number of hydrogen-bond donors (Lipinski definition) is 2. The van der Waals surface area contributed by atoms with Gasteiger partial charge in [0.25, 0.3) is 5.56 Å². The van der Waals surface area contributed by atoms with Crippen molar-refractivity contribution in [3.8, 4) is 0 Å². The van der Waals surface area contributed by atoms with Gasteiger partial charge in [-0.1, -0.05) is 24.6 Å². The Morgan fingerprint density at radius 1 is 1.35 bits per heavy atom. The van der Waals surface area contributed by atoms with Gasteiger partial charge in [0.15, 0.2) is 0 Å². The van der Waals surface area contributed by atoms with E-state index in [-0.39, 0.29) is 5.56 Å². The van der Waals surface area contributed by atoms with Crippen molar-refractivity contribution in [1.82, 2.24) is 9.55 Å². The van der Waals surface area contributed by atoms with Crippen molar-refractivity contribution in [3.63, 3.8) is 0 Å². The van der Waals surface area contributed by atoms with Crippen molar-refractivity contribution in [1.29, 1.82) is 0 Å². The zero-order chi connectivity index (χ0) is 14.7. The molecule has 20 heavy (non-hydrogen) atoms. The number of aromatic nitrogens is 2. The highest BCUT2D eigenvalue weighted by Gasteiger charge is 2.06. The molecule has 0 unspecified atom stereocenters. The number of nitrogens with one attached hydrogen (secondary N) is 2. The molecule has 1 aromatic heterocycles. The SMILES string of the molecule is CCCn1c(=O)cc(Nc2cccc(Cl)c2C)[nH]c1=O. The molecule has 1 heterocycles. The minimum absolute atomic E-state index is 0.321. The third-order valence-corrected chi connectivity index (χ3v) is 3.41. The second-order valence-electron chi connectivity index (χ2n) is 4.52. The van der Waals surface area contributed by atoms with E-state index in [4.69, 9.17) is 11.6 Å². The van der Waals surface area contributed by atoms with E-state index in [9.17, 15) is 9.59 Å². The van der Waals surface area contributed by atoms with E-state index >= 15 is 0 Å². The van der Waals surface area contributed by atoms with Crippen LogP contribution in [0.5, 0.6) is 0 Å². The van der Waals surface area contributed by atoms with Crippen LogP contribution < -0.4 is 16.6 Å². The lowest BCUT2D eigenvalue weighted by atomic mass is 10.2. The molecule has 6 heteroatoms. The highest BCUT2D eigenvalue weighted by Crippen LogP contribution is 2.24. The van der Waals surface area contributed by atoms with Crippen LogP contribution in [0.2, 0.25) is 5.02 Å². The summed E-state index contributed by atoms with van der Waals surface area (Å²) in [5.74, 6) is 0.359. The third-order valence-electron chi connectivity index (χ3n) is 3.00. The molecule has 106 valence electrons. The van der Waals surface area contributed by atoms with Crippen LogP contribution >= 0.6 is 11.6 Å². The van der Waals surface area contributed by atoms with Crippen molar-refractivity contribution < 1.29 is 0 Å². The molecular formula is C14H16ClN3O2. The van der Waals surface area contributed by atoms with Gasteiger partial charge in [-0.2, -0.15) is 0 Å². The van der Waals surface area contributed by atoms with E-state index in [0.717, 1.165) is 17.7 Å². The summed E-state index contributed by atoms with van der Waals surface area (Å²) in [5, 5.41) is 3.63. The van der Waals surface area contributed by atoms with E-state index in [2.05, 4.69) is 10.3 Å². The van der Waals surface area contributed by atoms with Crippen molar-refractivity contribution in [3.05, 3.63) is 55.7 Å². The van der Waals surface area contributed by atoms with Gasteiger partial charge < -0.3 is 5.32 Å². The highest BCUT2D eigenvalue weighted by molar-refractivity contribution is 6.31. The molecule has 0 fully saturated rings. The van der Waals surface area contributed by atoms with Crippen LogP contribution in [0.25, 0.3) is 0 Å². The average molecular weight is 294 g/mol. The Hall–Kier alpha value is -2.01. The number of halogens is 1. The minimum Gasteiger partial charge on any atom is -0.341 e. The topological polar surface area (TPSA) is 66.9 Å². The number of benzene rings is 1. The van der Waals surface area contributed by atoms with Gasteiger partial charge in [0.05, 0.1) is 0 Å². The maximum atomic E-state index is 11.9. The molecule has 2 aromatic rings. The largest absolute Gasteiger partial charge is 0.341 e. The number of rotatable bonds is 4. The summed E-state index contributed by atoms with van der Waals surface area (Å²) in [6.45, 7) is 4.18. The maximum absolute atomic E-state index is 11.9. The molecular weight excluding hydrogens is 278 g/mol. The Morgan fingerprint density at radius 3 is 2.75 bits per heavy atom. The van der Waals surface area contributed by atoms with Crippen LogP contribution in [0, 0.1) is 6.92 Å². The van der Waals surface area contributed by atoms with Crippen molar-refractivity contribution in [2.24, 2.45) is 0 Å². The fourth-order valence-electron chi connectivity index (χ4n) is 1.91. The van der Waals surface area contributed by atoms with Crippen LogP contribution in [0.4, 0.5) is 11.5 Å². The monoisotopic (exact) mass is 293 g/mol. The molecule has 0 aliphatic carbocycles. The molecule has 2 N–H and O–H groups in total. The Kier molecular flexibility index (Phi) is 4.29. The van der Waals surface area contributed by atoms with Crippen LogP contribution in [0.1, 0.15) is 18.9 Å². The quantitative estimate of drug-likeness (QED) is 0.911. The van der Waals surface area contributed by atoms with Gasteiger partial charge in [0, 0.05) is 23.3 Å². The van der Waals surface area contributed by atoms with Gasteiger partial charge in [-0.3, -0.25) is 14.3 Å². The summed E-state index contributed by atoms with van der Waals surface area (Å²) in [6, 6.07) is 6.78. The molecule has 0 atom stereocenters. The number of anilines is 2. The van der Waals surface area contributed by atoms with Crippen LogP contribution in [0.15, 0.2) is 33.9 Å². The molecule has 0 radical (unpaired) electrons. The maximum Gasteiger partial charge on any atom is 0.329 e. The zero-order valence-corrected chi connectivity index (χ0v) is 12.1. The van der Waals surface area contributed by atoms with Crippen LogP contribution in [-0.4, -0.2) is 9.55 Å². The first-order valence-electron chi connectivity index (χ1n) is 6.39. The second-order valence-corrected chi connectivity index (χ2v) is 4.92. The van der Waals surface area contributed by atoms with Gasteiger partial charge in [-0.25, -0.2) is 4.79 Å². The summed E-state index contributed by atoms with van der Waals surface area (Å²) in [6.07, 6.45) is 0.725. The molecule has 0 saturated carbocycles. The van der Waals surface area contributed by atoms with E-state index in [1.807, 2.05) is 19.9 Å². The molecule has 0 saturated heterocycles. The predicted molar refractivity (Wildman–Crippen MR) is 81.1 cm³/mol. The Labute approximate surface area is 121 Å². The smallest absolute Gasteiger partial charge is 0.329 e. The lowest BCUT2D eigenvalue weighted by Gasteiger charge is -2.11. The molecule has 0 amide bonds. The Morgan fingerprint density at radius 2 is 2.10 bits per heavy atom. The van der Waals surface area contributed by atoms with Crippen molar-refractivity contribution >= 4 is 23.1 Å². The predicted octanol–water partition coefficient (Wildman–Crippen LogP) is 2.65. The summed E-state index contributed by atoms with van der Waals surface area (Å²) >= 11 is 6.03. The van der Waals surface area contributed by atoms with E-state index in [1.54, 1.807) is 12.1 Å². The van der Waals surface area contributed by atoms with E-state index < -0.39 is 5.69 Å².